The van der Waals surface area contributed by atoms with Gasteiger partial charge < -0.3 is 15.0 Å². The Balaban J connectivity index is 2.22. The summed E-state index contributed by atoms with van der Waals surface area (Å²) < 4.78 is 5.14. The molecule has 1 aromatic carbocycles. The summed E-state index contributed by atoms with van der Waals surface area (Å²) in [6, 6.07) is 6.67. The zero-order chi connectivity index (χ0) is 14.5. The molecule has 1 saturated heterocycles. The van der Waals surface area contributed by atoms with Crippen LogP contribution in [0.1, 0.15) is 29.6 Å². The van der Waals surface area contributed by atoms with Gasteiger partial charge in [0.05, 0.1) is 7.11 Å². The van der Waals surface area contributed by atoms with E-state index in [4.69, 9.17) is 4.74 Å². The van der Waals surface area contributed by atoms with Crippen molar-refractivity contribution in [3.05, 3.63) is 29.8 Å². The van der Waals surface area contributed by atoms with E-state index in [0.717, 1.165) is 19.3 Å². The fraction of sp³-hybridized carbons (Fsp3) is 0.467. The molecule has 2 rings (SSSR count). The Morgan fingerprint density at radius 3 is 2.85 bits per heavy atom. The number of ether oxygens (including phenoxy) is 1. The van der Waals surface area contributed by atoms with Crippen LogP contribution in [-0.4, -0.2) is 43.5 Å². The molecular formula is C15H20N2O3. The molecule has 0 aromatic heterocycles. The van der Waals surface area contributed by atoms with Crippen LogP contribution in [-0.2, 0) is 4.79 Å². The molecule has 1 aromatic rings. The van der Waals surface area contributed by atoms with Gasteiger partial charge in [0, 0.05) is 19.2 Å². The van der Waals surface area contributed by atoms with Crippen molar-refractivity contribution in [3.63, 3.8) is 0 Å². The molecule has 5 heteroatoms. The number of amides is 2. The molecular weight excluding hydrogens is 256 g/mol. The molecule has 1 aliphatic rings. The van der Waals surface area contributed by atoms with Gasteiger partial charge in [-0.15, -0.1) is 0 Å². The number of methoxy groups -OCH3 is 1. The van der Waals surface area contributed by atoms with Gasteiger partial charge in [-0.1, -0.05) is 6.07 Å². The number of likely N-dealkylation sites (N-methyl/N-ethyl adjacent to an activating group) is 1. The van der Waals surface area contributed by atoms with Crippen molar-refractivity contribution in [1.29, 1.82) is 0 Å². The summed E-state index contributed by atoms with van der Waals surface area (Å²) in [6.45, 7) is 0.619. The van der Waals surface area contributed by atoms with E-state index >= 15 is 0 Å². The number of nitrogens with zero attached hydrogens (tertiary/aromatic N) is 1. The Labute approximate surface area is 118 Å². The summed E-state index contributed by atoms with van der Waals surface area (Å²) in [6.07, 6.45) is 2.62. The molecule has 1 heterocycles. The first-order chi connectivity index (χ1) is 9.67. The minimum absolute atomic E-state index is 0.0963. The van der Waals surface area contributed by atoms with Crippen molar-refractivity contribution in [2.24, 2.45) is 0 Å². The van der Waals surface area contributed by atoms with Crippen molar-refractivity contribution < 1.29 is 14.3 Å². The van der Waals surface area contributed by atoms with Gasteiger partial charge in [-0.2, -0.15) is 0 Å². The third-order valence-corrected chi connectivity index (χ3v) is 3.63. The third kappa shape index (κ3) is 2.92. The number of rotatable bonds is 3. The molecule has 20 heavy (non-hydrogen) atoms. The van der Waals surface area contributed by atoms with Gasteiger partial charge in [0.1, 0.15) is 11.8 Å². The second kappa shape index (κ2) is 6.41. The zero-order valence-corrected chi connectivity index (χ0v) is 11.9. The van der Waals surface area contributed by atoms with Crippen LogP contribution in [0.5, 0.6) is 5.75 Å². The normalized spacial score (nSPS) is 18.5. The standard InChI is InChI=1S/C15H20N2O3/c1-16-14(18)13-8-3-4-9-17(13)15(19)11-6-5-7-12(10-11)20-2/h5-7,10,13H,3-4,8-9H2,1-2H3,(H,16,18). The highest BCUT2D eigenvalue weighted by Crippen LogP contribution is 2.21. The maximum absolute atomic E-state index is 12.6. The second-order valence-electron chi connectivity index (χ2n) is 4.86. The van der Waals surface area contributed by atoms with Gasteiger partial charge in [-0.25, -0.2) is 0 Å². The summed E-state index contributed by atoms with van der Waals surface area (Å²) in [7, 11) is 3.17. The van der Waals surface area contributed by atoms with Crippen LogP contribution in [0.4, 0.5) is 0 Å². The number of nitrogens with one attached hydrogen (secondary N) is 1. The van der Waals surface area contributed by atoms with Crippen molar-refractivity contribution in [1.82, 2.24) is 10.2 Å². The highest BCUT2D eigenvalue weighted by Gasteiger charge is 2.32. The number of hydrogen-bond acceptors (Lipinski definition) is 3. The molecule has 1 N–H and O–H groups in total. The monoisotopic (exact) mass is 276 g/mol. The van der Waals surface area contributed by atoms with Crippen molar-refractivity contribution in [2.45, 2.75) is 25.3 Å². The predicted molar refractivity (Wildman–Crippen MR) is 75.7 cm³/mol. The molecule has 0 aliphatic carbocycles. The van der Waals surface area contributed by atoms with Gasteiger partial charge in [0.2, 0.25) is 5.91 Å². The fourth-order valence-electron chi connectivity index (χ4n) is 2.54. The summed E-state index contributed by atoms with van der Waals surface area (Å²) >= 11 is 0. The lowest BCUT2D eigenvalue weighted by Crippen LogP contribution is -2.51. The van der Waals surface area contributed by atoms with Gasteiger partial charge in [0.15, 0.2) is 0 Å². The molecule has 1 atom stereocenters. The van der Waals surface area contributed by atoms with E-state index in [-0.39, 0.29) is 17.9 Å². The first kappa shape index (κ1) is 14.4. The maximum Gasteiger partial charge on any atom is 0.254 e. The van der Waals surface area contributed by atoms with Crippen LogP contribution in [0.15, 0.2) is 24.3 Å². The van der Waals surface area contributed by atoms with Crippen LogP contribution < -0.4 is 10.1 Å². The molecule has 0 saturated carbocycles. The minimum atomic E-state index is -0.368. The van der Waals surface area contributed by atoms with Gasteiger partial charge in [-0.3, -0.25) is 9.59 Å². The lowest BCUT2D eigenvalue weighted by atomic mass is 10.00. The van der Waals surface area contributed by atoms with Gasteiger partial charge >= 0.3 is 0 Å². The zero-order valence-electron chi connectivity index (χ0n) is 11.9. The molecule has 0 bridgehead atoms. The molecule has 0 spiro atoms. The lowest BCUT2D eigenvalue weighted by Gasteiger charge is -2.34. The lowest BCUT2D eigenvalue weighted by molar-refractivity contribution is -0.126. The SMILES string of the molecule is CNC(=O)C1CCCCN1C(=O)c1cccc(OC)c1. The quantitative estimate of drug-likeness (QED) is 0.908. The van der Waals surface area contributed by atoms with E-state index in [0.29, 0.717) is 17.9 Å². The van der Waals surface area contributed by atoms with E-state index in [1.54, 1.807) is 43.3 Å². The van der Waals surface area contributed by atoms with Crippen molar-refractivity contribution in [2.75, 3.05) is 20.7 Å². The van der Waals surface area contributed by atoms with Crippen molar-refractivity contribution >= 4 is 11.8 Å². The number of piperidine rings is 1. The highest BCUT2D eigenvalue weighted by atomic mass is 16.5. The smallest absolute Gasteiger partial charge is 0.254 e. The van der Waals surface area contributed by atoms with Crippen molar-refractivity contribution in [3.8, 4) is 5.75 Å². The minimum Gasteiger partial charge on any atom is -0.497 e. The molecule has 1 unspecified atom stereocenters. The largest absolute Gasteiger partial charge is 0.497 e. The summed E-state index contributed by atoms with van der Waals surface area (Å²) in [4.78, 5) is 26.2. The van der Waals surface area contributed by atoms with E-state index < -0.39 is 0 Å². The Hall–Kier alpha value is -2.04. The number of carbonyl (C=O) groups excluding carboxylic acids is 2. The molecule has 1 aliphatic heterocycles. The second-order valence-corrected chi connectivity index (χ2v) is 4.86. The van der Waals surface area contributed by atoms with E-state index in [1.807, 2.05) is 0 Å². The number of benzene rings is 1. The van der Waals surface area contributed by atoms with E-state index in [2.05, 4.69) is 5.32 Å². The van der Waals surface area contributed by atoms with Crippen LogP contribution in [0.3, 0.4) is 0 Å². The number of likely N-dealkylation sites (tertiary alicyclic amines) is 1. The summed E-state index contributed by atoms with van der Waals surface area (Å²) in [5.74, 6) is 0.433. The number of hydrogen-bond donors (Lipinski definition) is 1. The fourth-order valence-corrected chi connectivity index (χ4v) is 2.54. The van der Waals surface area contributed by atoms with Crippen LogP contribution in [0.2, 0.25) is 0 Å². The molecule has 1 fully saturated rings. The Morgan fingerprint density at radius 1 is 1.35 bits per heavy atom. The maximum atomic E-state index is 12.6. The Morgan fingerprint density at radius 2 is 2.15 bits per heavy atom. The van der Waals surface area contributed by atoms with Gasteiger partial charge in [-0.05, 0) is 37.5 Å². The molecule has 108 valence electrons. The summed E-state index contributed by atoms with van der Waals surface area (Å²) in [5, 5.41) is 2.64. The number of carbonyl (C=O) groups is 2. The van der Waals surface area contributed by atoms with Crippen LogP contribution in [0, 0.1) is 0 Å². The average molecular weight is 276 g/mol. The molecule has 5 nitrogen and oxygen atoms in total. The average Bonchev–Trinajstić information content (AvgIpc) is 2.53. The molecule has 0 radical (unpaired) electrons. The Kier molecular flexibility index (Phi) is 4.61. The van der Waals surface area contributed by atoms with E-state index in [9.17, 15) is 9.59 Å². The first-order valence-corrected chi connectivity index (χ1v) is 6.84. The summed E-state index contributed by atoms with van der Waals surface area (Å²) in [5.41, 5.74) is 0.556. The first-order valence-electron chi connectivity index (χ1n) is 6.84. The van der Waals surface area contributed by atoms with Crippen LogP contribution >= 0.6 is 0 Å². The Bertz CT molecular complexity index is 502. The van der Waals surface area contributed by atoms with Crippen LogP contribution in [0.25, 0.3) is 0 Å². The molecule has 2 amide bonds. The van der Waals surface area contributed by atoms with Gasteiger partial charge in [0.25, 0.3) is 5.91 Å². The van der Waals surface area contributed by atoms with E-state index in [1.165, 1.54) is 0 Å². The predicted octanol–water partition coefficient (Wildman–Crippen LogP) is 1.44. The topological polar surface area (TPSA) is 58.6 Å². The third-order valence-electron chi connectivity index (χ3n) is 3.63. The highest BCUT2D eigenvalue weighted by molar-refractivity contribution is 5.98.